The Bertz CT molecular complexity index is 815. The fourth-order valence-electron chi connectivity index (χ4n) is 2.34. The van der Waals surface area contributed by atoms with Crippen LogP contribution in [0.5, 0.6) is 5.75 Å². The molecule has 0 radical (unpaired) electrons. The van der Waals surface area contributed by atoms with E-state index >= 15 is 0 Å². The third kappa shape index (κ3) is 2.91. The van der Waals surface area contributed by atoms with E-state index in [9.17, 15) is 4.79 Å². The van der Waals surface area contributed by atoms with Crippen LogP contribution in [0.3, 0.4) is 0 Å². The highest BCUT2D eigenvalue weighted by Crippen LogP contribution is 2.17. The molecule has 0 unspecified atom stereocenters. The van der Waals surface area contributed by atoms with Crippen LogP contribution in [0, 0.1) is 0 Å². The van der Waals surface area contributed by atoms with Gasteiger partial charge in [-0.1, -0.05) is 24.3 Å². The van der Waals surface area contributed by atoms with E-state index in [2.05, 4.69) is 10.3 Å². The van der Waals surface area contributed by atoms with Crippen LogP contribution in [0.1, 0.15) is 15.9 Å². The average Bonchev–Trinajstić information content (AvgIpc) is 2.59. The summed E-state index contributed by atoms with van der Waals surface area (Å²) in [7, 11) is 1.62. The summed E-state index contributed by atoms with van der Waals surface area (Å²) in [6.07, 6.45) is 1.74. The summed E-state index contributed by atoms with van der Waals surface area (Å²) in [5.74, 6) is 0.655. The minimum absolute atomic E-state index is 0.114. The summed E-state index contributed by atoms with van der Waals surface area (Å²) >= 11 is 0. The van der Waals surface area contributed by atoms with Crippen LogP contribution in [0.25, 0.3) is 10.9 Å². The van der Waals surface area contributed by atoms with Crippen molar-refractivity contribution in [3.8, 4) is 5.75 Å². The zero-order valence-electron chi connectivity index (χ0n) is 12.2. The Morgan fingerprint density at radius 3 is 2.86 bits per heavy atom. The number of pyridine rings is 1. The molecule has 0 saturated heterocycles. The topological polar surface area (TPSA) is 51.2 Å². The number of amides is 1. The predicted octanol–water partition coefficient (Wildman–Crippen LogP) is 3.17. The molecule has 0 bridgehead atoms. The predicted molar refractivity (Wildman–Crippen MR) is 85.9 cm³/mol. The van der Waals surface area contributed by atoms with Crippen molar-refractivity contribution >= 4 is 16.8 Å². The van der Waals surface area contributed by atoms with E-state index in [1.165, 1.54) is 0 Å². The number of aromatic nitrogens is 1. The normalized spacial score (nSPS) is 10.4. The van der Waals surface area contributed by atoms with Crippen molar-refractivity contribution in [3.05, 3.63) is 71.9 Å². The number of para-hydroxylation sites is 1. The lowest BCUT2D eigenvalue weighted by Crippen LogP contribution is -2.23. The van der Waals surface area contributed by atoms with Crippen molar-refractivity contribution in [3.63, 3.8) is 0 Å². The molecule has 0 aliphatic heterocycles. The van der Waals surface area contributed by atoms with Crippen molar-refractivity contribution < 1.29 is 9.53 Å². The van der Waals surface area contributed by atoms with Gasteiger partial charge < -0.3 is 10.1 Å². The molecule has 3 rings (SSSR count). The second-order valence-corrected chi connectivity index (χ2v) is 4.91. The Hall–Kier alpha value is -2.88. The highest BCUT2D eigenvalue weighted by Gasteiger charge is 2.08. The SMILES string of the molecule is COc1ccccc1CNC(=O)c1ccc2ncccc2c1. The number of hydrogen-bond donors (Lipinski definition) is 1. The lowest BCUT2D eigenvalue weighted by atomic mass is 10.1. The molecule has 0 spiro atoms. The Morgan fingerprint density at radius 1 is 1.14 bits per heavy atom. The summed E-state index contributed by atoms with van der Waals surface area (Å²) in [6.45, 7) is 0.425. The van der Waals surface area contributed by atoms with Crippen LogP contribution in [-0.2, 0) is 6.54 Å². The standard InChI is InChI=1S/C18H16N2O2/c1-22-17-7-3-2-5-15(17)12-20-18(21)14-8-9-16-13(11-14)6-4-10-19-16/h2-11H,12H2,1H3,(H,20,21). The summed E-state index contributed by atoms with van der Waals surface area (Å²) in [4.78, 5) is 16.5. The first kappa shape index (κ1) is 14.1. The molecule has 0 fully saturated rings. The van der Waals surface area contributed by atoms with E-state index in [1.54, 1.807) is 19.4 Å². The molecule has 2 aromatic carbocycles. The zero-order valence-corrected chi connectivity index (χ0v) is 12.2. The summed E-state index contributed by atoms with van der Waals surface area (Å²) in [5.41, 5.74) is 2.44. The second-order valence-electron chi connectivity index (χ2n) is 4.91. The third-order valence-corrected chi connectivity index (χ3v) is 3.50. The van der Waals surface area contributed by atoms with Crippen LogP contribution in [0.15, 0.2) is 60.8 Å². The molecule has 0 aliphatic carbocycles. The Morgan fingerprint density at radius 2 is 2.00 bits per heavy atom. The molecule has 4 nitrogen and oxygen atoms in total. The molecular weight excluding hydrogens is 276 g/mol. The monoisotopic (exact) mass is 292 g/mol. The van der Waals surface area contributed by atoms with Crippen molar-refractivity contribution in [1.82, 2.24) is 10.3 Å². The van der Waals surface area contributed by atoms with Gasteiger partial charge in [-0.25, -0.2) is 0 Å². The lowest BCUT2D eigenvalue weighted by molar-refractivity contribution is 0.0951. The Kier molecular flexibility index (Phi) is 4.01. The summed E-state index contributed by atoms with van der Waals surface area (Å²) < 4.78 is 5.28. The van der Waals surface area contributed by atoms with Gasteiger partial charge in [0.25, 0.3) is 5.91 Å². The number of carbonyl (C=O) groups is 1. The molecule has 1 heterocycles. The van der Waals surface area contributed by atoms with Crippen LogP contribution in [-0.4, -0.2) is 18.0 Å². The van der Waals surface area contributed by atoms with Crippen molar-refractivity contribution in [1.29, 1.82) is 0 Å². The molecule has 0 atom stereocenters. The van der Waals surface area contributed by atoms with Crippen molar-refractivity contribution in [2.24, 2.45) is 0 Å². The maximum atomic E-state index is 12.3. The van der Waals surface area contributed by atoms with Gasteiger partial charge in [-0.2, -0.15) is 0 Å². The van der Waals surface area contributed by atoms with E-state index in [1.807, 2.05) is 48.5 Å². The molecule has 0 aliphatic rings. The number of hydrogen-bond acceptors (Lipinski definition) is 3. The van der Waals surface area contributed by atoms with Gasteiger partial charge in [0.1, 0.15) is 5.75 Å². The Balaban J connectivity index is 1.75. The molecule has 110 valence electrons. The van der Waals surface area contributed by atoms with Crippen LogP contribution >= 0.6 is 0 Å². The zero-order chi connectivity index (χ0) is 15.4. The first-order valence-electron chi connectivity index (χ1n) is 7.03. The van der Waals surface area contributed by atoms with E-state index in [4.69, 9.17) is 4.74 Å². The van der Waals surface area contributed by atoms with Gasteiger partial charge in [0, 0.05) is 29.3 Å². The lowest BCUT2D eigenvalue weighted by Gasteiger charge is -2.10. The number of benzene rings is 2. The molecular formula is C18H16N2O2. The van der Waals surface area contributed by atoms with E-state index in [-0.39, 0.29) is 5.91 Å². The fourth-order valence-corrected chi connectivity index (χ4v) is 2.34. The number of nitrogens with one attached hydrogen (secondary N) is 1. The van der Waals surface area contributed by atoms with Crippen molar-refractivity contribution in [2.45, 2.75) is 6.54 Å². The number of ether oxygens (including phenoxy) is 1. The first-order chi connectivity index (χ1) is 10.8. The highest BCUT2D eigenvalue weighted by molar-refractivity contribution is 5.97. The highest BCUT2D eigenvalue weighted by atomic mass is 16.5. The number of nitrogens with zero attached hydrogens (tertiary/aromatic N) is 1. The van der Waals surface area contributed by atoms with Gasteiger partial charge in [-0.3, -0.25) is 9.78 Å². The maximum Gasteiger partial charge on any atom is 0.251 e. The quantitative estimate of drug-likeness (QED) is 0.803. The van der Waals surface area contributed by atoms with Crippen LogP contribution < -0.4 is 10.1 Å². The largest absolute Gasteiger partial charge is 0.496 e. The number of carbonyl (C=O) groups excluding carboxylic acids is 1. The number of methoxy groups -OCH3 is 1. The Labute approximate surface area is 128 Å². The molecule has 1 amide bonds. The maximum absolute atomic E-state index is 12.3. The molecule has 22 heavy (non-hydrogen) atoms. The minimum atomic E-state index is -0.114. The van der Waals surface area contributed by atoms with Crippen LogP contribution in [0.4, 0.5) is 0 Å². The van der Waals surface area contributed by atoms with E-state index in [0.29, 0.717) is 12.1 Å². The van der Waals surface area contributed by atoms with Gasteiger partial charge in [0.15, 0.2) is 0 Å². The molecule has 1 N–H and O–H groups in total. The summed E-state index contributed by atoms with van der Waals surface area (Å²) in [5, 5.41) is 3.87. The van der Waals surface area contributed by atoms with E-state index < -0.39 is 0 Å². The molecule has 0 saturated carbocycles. The van der Waals surface area contributed by atoms with E-state index in [0.717, 1.165) is 22.2 Å². The van der Waals surface area contributed by atoms with Gasteiger partial charge >= 0.3 is 0 Å². The van der Waals surface area contributed by atoms with Crippen molar-refractivity contribution in [2.75, 3.05) is 7.11 Å². The molecule has 1 aromatic heterocycles. The smallest absolute Gasteiger partial charge is 0.251 e. The van der Waals surface area contributed by atoms with Gasteiger partial charge in [0.05, 0.1) is 12.6 Å². The van der Waals surface area contributed by atoms with Gasteiger partial charge in [-0.05, 0) is 30.3 Å². The van der Waals surface area contributed by atoms with Gasteiger partial charge in [0.2, 0.25) is 0 Å². The first-order valence-corrected chi connectivity index (χ1v) is 7.03. The average molecular weight is 292 g/mol. The third-order valence-electron chi connectivity index (χ3n) is 3.50. The number of fused-ring (bicyclic) bond motifs is 1. The van der Waals surface area contributed by atoms with Gasteiger partial charge in [-0.15, -0.1) is 0 Å². The number of rotatable bonds is 4. The minimum Gasteiger partial charge on any atom is -0.496 e. The molecule has 4 heteroatoms. The van der Waals surface area contributed by atoms with Crippen LogP contribution in [0.2, 0.25) is 0 Å². The fraction of sp³-hybridized carbons (Fsp3) is 0.111. The molecule has 3 aromatic rings. The second kappa shape index (κ2) is 6.26. The summed E-state index contributed by atoms with van der Waals surface area (Å²) in [6, 6.07) is 16.9.